The molecule has 0 spiro atoms. The van der Waals surface area contributed by atoms with Crippen molar-refractivity contribution in [3.63, 3.8) is 0 Å². The number of allylic oxidation sites excluding steroid dienone is 1. The molecule has 0 amide bonds. The minimum atomic E-state index is -2.77. The Labute approximate surface area is 109 Å². The van der Waals surface area contributed by atoms with Gasteiger partial charge in [0.2, 0.25) is 0 Å². The molecule has 86 valence electrons. The molecule has 1 aliphatic carbocycles. The first-order valence-electron chi connectivity index (χ1n) is 5.41. The van der Waals surface area contributed by atoms with E-state index in [-0.39, 0.29) is 0 Å². The van der Waals surface area contributed by atoms with Crippen molar-refractivity contribution in [3.05, 3.63) is 41.0 Å². The molecule has 0 fully saturated rings. The molecule has 0 aromatic heterocycles. The molecule has 1 aromatic carbocycles. The summed E-state index contributed by atoms with van der Waals surface area (Å²) in [6, 6.07) is 8.69. The predicted octanol–water partition coefficient (Wildman–Crippen LogP) is 4.51. The average molecular weight is 301 g/mol. The van der Waals surface area contributed by atoms with E-state index in [1.165, 1.54) is 24.0 Å². The number of halogens is 2. The zero-order valence-corrected chi connectivity index (χ0v) is 12.1. The quantitative estimate of drug-likeness (QED) is 0.754. The maximum atomic E-state index is 9.80. The molecule has 0 saturated heterocycles. The zero-order chi connectivity index (χ0) is 12.0. The van der Waals surface area contributed by atoms with Crippen molar-refractivity contribution >= 4 is 6.08 Å². The fourth-order valence-electron chi connectivity index (χ4n) is 2.01. The third kappa shape index (κ3) is 4.29. The fraction of sp³-hybridized carbons (Fsp3) is 0.385. The topological polar surface area (TPSA) is 0 Å². The molecule has 0 nitrogen and oxygen atoms in total. The van der Waals surface area contributed by atoms with Crippen molar-refractivity contribution in [2.75, 3.05) is 0 Å². The predicted molar refractivity (Wildman–Crippen MR) is 59.8 cm³/mol. The molecule has 0 N–H and O–H groups in total. The maximum absolute atomic E-state index is 9.80. The third-order valence-electron chi connectivity index (χ3n) is 2.50. The Hall–Kier alpha value is -0.297. The summed E-state index contributed by atoms with van der Waals surface area (Å²) in [6.07, 6.45) is 4.78. The van der Waals surface area contributed by atoms with E-state index in [4.69, 9.17) is 0 Å². The van der Waals surface area contributed by atoms with Gasteiger partial charge in [-0.3, -0.25) is 0 Å². The van der Waals surface area contributed by atoms with Gasteiger partial charge >= 0.3 is 29.7 Å². The van der Waals surface area contributed by atoms with Crippen LogP contribution >= 0.6 is 0 Å². The number of rotatable bonds is 2. The molecule has 1 aromatic rings. The molecule has 0 atom stereocenters. The molecular formula is C13H16F2Zr. The number of hydrogen-bond acceptors (Lipinski definition) is 0. The monoisotopic (exact) mass is 300 g/mol. The summed E-state index contributed by atoms with van der Waals surface area (Å²) >= 11 is -2.77. The first kappa shape index (κ1) is 13.8. The first-order chi connectivity index (χ1) is 7.67. The van der Waals surface area contributed by atoms with Crippen LogP contribution in [-0.4, -0.2) is 0 Å². The molecule has 0 radical (unpaired) electrons. The van der Waals surface area contributed by atoms with Crippen LogP contribution < -0.4 is 0 Å². The third-order valence-corrected chi connectivity index (χ3v) is 2.50. The van der Waals surface area contributed by atoms with E-state index in [9.17, 15) is 5.25 Å². The average Bonchev–Trinajstić information content (AvgIpc) is 2.59. The van der Waals surface area contributed by atoms with Crippen molar-refractivity contribution in [1.29, 1.82) is 0 Å². The van der Waals surface area contributed by atoms with Crippen LogP contribution in [0.5, 0.6) is 0 Å². The van der Waals surface area contributed by atoms with Crippen molar-refractivity contribution in [2.45, 2.75) is 26.7 Å². The summed E-state index contributed by atoms with van der Waals surface area (Å²) in [5.41, 5.74) is 4.52. The van der Waals surface area contributed by atoms with Gasteiger partial charge in [-0.15, -0.1) is 0 Å². The minimum absolute atomic E-state index is 0.778. The van der Waals surface area contributed by atoms with Gasteiger partial charge in [0, 0.05) is 0 Å². The zero-order valence-electron chi connectivity index (χ0n) is 9.63. The Bertz CT molecular complexity index is 359. The Morgan fingerprint density at radius 3 is 2.44 bits per heavy atom. The van der Waals surface area contributed by atoms with Gasteiger partial charge in [0.15, 0.2) is 0 Å². The molecule has 0 heterocycles. The van der Waals surface area contributed by atoms with Crippen LogP contribution in [0.3, 0.4) is 0 Å². The number of benzene rings is 1. The van der Waals surface area contributed by atoms with Gasteiger partial charge in [0.1, 0.15) is 0 Å². The Morgan fingerprint density at radius 2 is 1.88 bits per heavy atom. The Morgan fingerprint density at radius 1 is 1.25 bits per heavy atom. The van der Waals surface area contributed by atoms with Gasteiger partial charge in [0.05, 0.1) is 0 Å². The Kier molecular flexibility index (Phi) is 6.12. The molecule has 0 aliphatic heterocycles. The van der Waals surface area contributed by atoms with Crippen molar-refractivity contribution in [1.82, 2.24) is 0 Å². The van der Waals surface area contributed by atoms with E-state index in [1.807, 2.05) is 0 Å². The fourth-order valence-corrected chi connectivity index (χ4v) is 2.01. The van der Waals surface area contributed by atoms with Crippen LogP contribution in [0.25, 0.3) is 6.08 Å². The van der Waals surface area contributed by atoms with Gasteiger partial charge in [-0.2, -0.15) is 0 Å². The van der Waals surface area contributed by atoms with Crippen LogP contribution in [0, 0.1) is 5.92 Å². The summed E-state index contributed by atoms with van der Waals surface area (Å²) in [5.74, 6) is 0.778. The molecule has 1 aliphatic rings. The number of hydrogen-bond donors (Lipinski definition) is 0. The van der Waals surface area contributed by atoms with Gasteiger partial charge in [0.25, 0.3) is 0 Å². The SMILES string of the molecule is CC(C)CC1=Cc2ccccc2C1.[F][Zr][F]. The van der Waals surface area contributed by atoms with Crippen molar-refractivity contribution in [2.24, 2.45) is 5.92 Å². The van der Waals surface area contributed by atoms with E-state index in [2.05, 4.69) is 44.2 Å². The van der Waals surface area contributed by atoms with E-state index >= 15 is 0 Å². The second-order valence-electron chi connectivity index (χ2n) is 4.35. The molecule has 0 saturated carbocycles. The molecular weight excluding hydrogens is 285 g/mol. The normalized spacial score (nSPS) is 12.7. The van der Waals surface area contributed by atoms with Crippen molar-refractivity contribution in [3.8, 4) is 0 Å². The van der Waals surface area contributed by atoms with E-state index in [0.29, 0.717) is 0 Å². The van der Waals surface area contributed by atoms with Crippen LogP contribution in [0.15, 0.2) is 29.8 Å². The van der Waals surface area contributed by atoms with Crippen LogP contribution in [0.2, 0.25) is 0 Å². The summed E-state index contributed by atoms with van der Waals surface area (Å²) in [6.45, 7) is 4.56. The summed E-state index contributed by atoms with van der Waals surface area (Å²) in [7, 11) is 0. The van der Waals surface area contributed by atoms with Gasteiger partial charge in [-0.05, 0) is 29.9 Å². The van der Waals surface area contributed by atoms with Crippen LogP contribution in [-0.2, 0) is 30.9 Å². The van der Waals surface area contributed by atoms with E-state index in [1.54, 1.807) is 5.57 Å². The van der Waals surface area contributed by atoms with Gasteiger partial charge in [-0.1, -0.05) is 49.8 Å². The second-order valence-corrected chi connectivity index (χ2v) is 4.70. The molecule has 2 rings (SSSR count). The summed E-state index contributed by atoms with van der Waals surface area (Å²) in [5, 5.41) is 0. The van der Waals surface area contributed by atoms with E-state index in [0.717, 1.165) is 5.92 Å². The number of fused-ring (bicyclic) bond motifs is 1. The molecule has 3 heteroatoms. The van der Waals surface area contributed by atoms with Gasteiger partial charge < -0.3 is 0 Å². The first-order valence-corrected chi connectivity index (χ1v) is 7.26. The van der Waals surface area contributed by atoms with Crippen molar-refractivity contribution < 1.29 is 29.7 Å². The van der Waals surface area contributed by atoms with E-state index < -0.39 is 24.5 Å². The molecule has 0 bridgehead atoms. The summed E-state index contributed by atoms with van der Waals surface area (Å²) in [4.78, 5) is 0. The van der Waals surface area contributed by atoms with Gasteiger partial charge in [-0.25, -0.2) is 0 Å². The summed E-state index contributed by atoms with van der Waals surface area (Å²) < 4.78 is 19.6. The Balaban J connectivity index is 0.000000386. The molecule has 0 unspecified atom stereocenters. The molecule has 16 heavy (non-hydrogen) atoms. The second kappa shape index (κ2) is 7.11. The van der Waals surface area contributed by atoms with Crippen LogP contribution in [0.1, 0.15) is 31.4 Å². The standard InChI is InChI=1S/C13H16.2FH.Zr/c1-10(2)7-11-8-12-5-3-4-6-13(12)9-11;;;/h3-6,8,10H,7,9H2,1-2H3;2*1H;/q;;;+2/p-2. The van der Waals surface area contributed by atoms with Crippen LogP contribution in [0.4, 0.5) is 5.25 Å².